The fraction of sp³-hybridized carbons (Fsp3) is 0.455. The first-order chi connectivity index (χ1) is 9.15. The Hall–Kier alpha value is -2.22. The number of aryl methyl sites for hydroxylation is 2. The standard InChI is InChI=1S/C11H16N6O2/c12-10(11(18)19)6-9-7-17(15-14-9)4-1-3-16-5-2-13-8-16/h2,5,7-8,10H,1,3-4,6,12H2,(H,18,19). The molecule has 0 aliphatic heterocycles. The van der Waals surface area contributed by atoms with Crippen LogP contribution in [0.4, 0.5) is 0 Å². The maximum Gasteiger partial charge on any atom is 0.320 e. The fourth-order valence-electron chi connectivity index (χ4n) is 1.69. The number of hydrogen-bond acceptors (Lipinski definition) is 5. The van der Waals surface area contributed by atoms with Crippen molar-refractivity contribution in [2.24, 2.45) is 5.73 Å². The molecule has 0 aliphatic rings. The minimum absolute atomic E-state index is 0.191. The molecular weight excluding hydrogens is 248 g/mol. The van der Waals surface area contributed by atoms with E-state index in [0.717, 1.165) is 13.0 Å². The van der Waals surface area contributed by atoms with Crippen LogP contribution >= 0.6 is 0 Å². The van der Waals surface area contributed by atoms with Gasteiger partial charge in [-0.2, -0.15) is 0 Å². The second-order valence-electron chi connectivity index (χ2n) is 4.28. The number of nitrogens with two attached hydrogens (primary N) is 1. The third kappa shape index (κ3) is 3.88. The first-order valence-electron chi connectivity index (χ1n) is 5.98. The molecule has 8 nitrogen and oxygen atoms in total. The molecular formula is C11H16N6O2. The van der Waals surface area contributed by atoms with Gasteiger partial charge in [0.1, 0.15) is 6.04 Å². The molecule has 0 bridgehead atoms. The molecule has 0 saturated carbocycles. The monoisotopic (exact) mass is 264 g/mol. The summed E-state index contributed by atoms with van der Waals surface area (Å²) in [4.78, 5) is 14.6. The van der Waals surface area contributed by atoms with Gasteiger partial charge >= 0.3 is 5.97 Å². The van der Waals surface area contributed by atoms with Crippen molar-refractivity contribution in [3.05, 3.63) is 30.6 Å². The Morgan fingerprint density at radius 3 is 3.00 bits per heavy atom. The lowest BCUT2D eigenvalue weighted by atomic mass is 10.2. The van der Waals surface area contributed by atoms with Crippen molar-refractivity contribution in [2.45, 2.75) is 32.0 Å². The van der Waals surface area contributed by atoms with Crippen LogP contribution in [0.1, 0.15) is 12.1 Å². The average molecular weight is 264 g/mol. The van der Waals surface area contributed by atoms with E-state index in [4.69, 9.17) is 10.8 Å². The van der Waals surface area contributed by atoms with Crippen LogP contribution in [0.15, 0.2) is 24.9 Å². The Bertz CT molecular complexity index is 521. The molecule has 19 heavy (non-hydrogen) atoms. The first-order valence-corrected chi connectivity index (χ1v) is 5.98. The van der Waals surface area contributed by atoms with Gasteiger partial charge in [-0.15, -0.1) is 5.10 Å². The molecule has 0 amide bonds. The summed E-state index contributed by atoms with van der Waals surface area (Å²) in [5, 5.41) is 16.6. The highest BCUT2D eigenvalue weighted by atomic mass is 16.4. The molecule has 102 valence electrons. The van der Waals surface area contributed by atoms with Crippen LogP contribution in [-0.2, 0) is 24.3 Å². The predicted molar refractivity (Wildman–Crippen MR) is 66.2 cm³/mol. The van der Waals surface area contributed by atoms with Crippen molar-refractivity contribution in [3.8, 4) is 0 Å². The number of nitrogens with zero attached hydrogens (tertiary/aromatic N) is 5. The van der Waals surface area contributed by atoms with Crippen molar-refractivity contribution in [2.75, 3.05) is 0 Å². The summed E-state index contributed by atoms with van der Waals surface area (Å²) in [6, 6.07) is -0.934. The summed E-state index contributed by atoms with van der Waals surface area (Å²) in [5.41, 5.74) is 6.03. The van der Waals surface area contributed by atoms with Crippen LogP contribution in [0.2, 0.25) is 0 Å². The number of carboxylic acid groups (broad SMARTS) is 1. The first kappa shape index (κ1) is 13.2. The van der Waals surface area contributed by atoms with Crippen LogP contribution < -0.4 is 5.73 Å². The maximum atomic E-state index is 10.6. The molecule has 0 aromatic carbocycles. The topological polar surface area (TPSA) is 112 Å². The minimum atomic E-state index is -1.03. The summed E-state index contributed by atoms with van der Waals surface area (Å²) in [6.07, 6.45) is 8.22. The van der Waals surface area contributed by atoms with Crippen LogP contribution in [0, 0.1) is 0 Å². The van der Waals surface area contributed by atoms with Gasteiger partial charge in [0.25, 0.3) is 0 Å². The van der Waals surface area contributed by atoms with Gasteiger partial charge in [-0.25, -0.2) is 4.98 Å². The minimum Gasteiger partial charge on any atom is -0.480 e. The smallest absolute Gasteiger partial charge is 0.320 e. The van der Waals surface area contributed by atoms with Crippen molar-refractivity contribution >= 4 is 5.97 Å². The number of carbonyl (C=O) groups is 1. The molecule has 2 heterocycles. The zero-order chi connectivity index (χ0) is 13.7. The molecule has 2 aromatic rings. The Morgan fingerprint density at radius 2 is 2.32 bits per heavy atom. The molecule has 0 spiro atoms. The summed E-state index contributed by atoms with van der Waals surface area (Å²) < 4.78 is 3.68. The SMILES string of the molecule is NC(Cc1cn(CCCn2ccnc2)nn1)C(=O)O. The number of aliphatic carboxylic acids is 1. The van der Waals surface area contributed by atoms with Gasteiger partial charge in [0, 0.05) is 38.1 Å². The van der Waals surface area contributed by atoms with E-state index in [-0.39, 0.29) is 6.42 Å². The van der Waals surface area contributed by atoms with E-state index in [1.54, 1.807) is 23.4 Å². The Kier molecular flexibility index (Phi) is 4.24. The van der Waals surface area contributed by atoms with E-state index in [0.29, 0.717) is 12.2 Å². The Morgan fingerprint density at radius 1 is 1.47 bits per heavy atom. The second-order valence-corrected chi connectivity index (χ2v) is 4.28. The van der Waals surface area contributed by atoms with Gasteiger partial charge in [-0.3, -0.25) is 9.48 Å². The van der Waals surface area contributed by atoms with Crippen molar-refractivity contribution in [1.82, 2.24) is 24.5 Å². The van der Waals surface area contributed by atoms with E-state index in [9.17, 15) is 4.79 Å². The lowest BCUT2D eigenvalue weighted by molar-refractivity contribution is -0.138. The highest BCUT2D eigenvalue weighted by molar-refractivity contribution is 5.73. The van der Waals surface area contributed by atoms with E-state index < -0.39 is 12.0 Å². The Labute approximate surface area is 109 Å². The van der Waals surface area contributed by atoms with Crippen LogP contribution in [0.25, 0.3) is 0 Å². The van der Waals surface area contributed by atoms with Crippen LogP contribution in [0.5, 0.6) is 0 Å². The lowest BCUT2D eigenvalue weighted by Crippen LogP contribution is -2.32. The number of aromatic nitrogens is 5. The van der Waals surface area contributed by atoms with Gasteiger partial charge < -0.3 is 15.4 Å². The zero-order valence-electron chi connectivity index (χ0n) is 10.4. The maximum absolute atomic E-state index is 10.6. The molecule has 0 radical (unpaired) electrons. The average Bonchev–Trinajstić information content (AvgIpc) is 3.01. The highest BCUT2D eigenvalue weighted by Crippen LogP contribution is 2.00. The van der Waals surface area contributed by atoms with Crippen LogP contribution in [0.3, 0.4) is 0 Å². The third-order valence-electron chi connectivity index (χ3n) is 2.70. The summed E-state index contributed by atoms with van der Waals surface area (Å²) in [6.45, 7) is 1.57. The molecule has 2 rings (SSSR count). The van der Waals surface area contributed by atoms with E-state index in [1.165, 1.54) is 0 Å². The number of imidazole rings is 1. The van der Waals surface area contributed by atoms with Crippen molar-refractivity contribution in [1.29, 1.82) is 0 Å². The van der Waals surface area contributed by atoms with Gasteiger partial charge in [-0.05, 0) is 6.42 Å². The van der Waals surface area contributed by atoms with Crippen LogP contribution in [-0.4, -0.2) is 41.7 Å². The van der Waals surface area contributed by atoms with Gasteiger partial charge in [0.2, 0.25) is 0 Å². The molecule has 1 unspecified atom stereocenters. The largest absolute Gasteiger partial charge is 0.480 e. The summed E-state index contributed by atoms with van der Waals surface area (Å²) >= 11 is 0. The van der Waals surface area contributed by atoms with Crippen molar-refractivity contribution in [3.63, 3.8) is 0 Å². The van der Waals surface area contributed by atoms with E-state index in [2.05, 4.69) is 15.3 Å². The fourth-order valence-corrected chi connectivity index (χ4v) is 1.69. The van der Waals surface area contributed by atoms with Crippen molar-refractivity contribution < 1.29 is 9.90 Å². The summed E-state index contributed by atoms with van der Waals surface area (Å²) in [5.74, 6) is -1.03. The quantitative estimate of drug-likeness (QED) is 0.698. The Balaban J connectivity index is 1.79. The molecule has 0 aliphatic carbocycles. The number of hydrogen-bond donors (Lipinski definition) is 2. The normalized spacial score (nSPS) is 12.5. The van der Waals surface area contributed by atoms with Gasteiger partial charge in [0.15, 0.2) is 0 Å². The van der Waals surface area contributed by atoms with E-state index in [1.807, 2.05) is 10.8 Å². The molecule has 1 atom stereocenters. The number of carboxylic acids is 1. The van der Waals surface area contributed by atoms with Gasteiger partial charge in [0.05, 0.1) is 12.0 Å². The molecule has 3 N–H and O–H groups in total. The van der Waals surface area contributed by atoms with E-state index >= 15 is 0 Å². The van der Waals surface area contributed by atoms with Gasteiger partial charge in [-0.1, -0.05) is 5.21 Å². The third-order valence-corrected chi connectivity index (χ3v) is 2.70. The zero-order valence-corrected chi connectivity index (χ0v) is 10.4. The summed E-state index contributed by atoms with van der Waals surface area (Å²) in [7, 11) is 0. The molecule has 0 saturated heterocycles. The molecule has 0 fully saturated rings. The molecule has 8 heteroatoms. The lowest BCUT2D eigenvalue weighted by Gasteiger charge is -2.02. The second kappa shape index (κ2) is 6.10. The molecule has 2 aromatic heterocycles. The highest BCUT2D eigenvalue weighted by Gasteiger charge is 2.14. The number of rotatable bonds is 7. The predicted octanol–water partition coefficient (Wildman–Crippen LogP) is -0.481.